The van der Waals surface area contributed by atoms with Crippen molar-refractivity contribution in [3.05, 3.63) is 70.5 Å². The molecule has 4 aromatic rings. The van der Waals surface area contributed by atoms with Crippen LogP contribution < -0.4 is 10.5 Å². The number of aromatic nitrogens is 3. The van der Waals surface area contributed by atoms with Crippen molar-refractivity contribution in [3.8, 4) is 21.7 Å². The van der Waals surface area contributed by atoms with E-state index in [0.29, 0.717) is 9.97 Å². The summed E-state index contributed by atoms with van der Waals surface area (Å²) < 4.78 is 1.35. The van der Waals surface area contributed by atoms with E-state index >= 15 is 0 Å². The second-order valence-electron chi connectivity index (χ2n) is 7.57. The Balaban J connectivity index is 1.53. The van der Waals surface area contributed by atoms with Crippen LogP contribution in [-0.2, 0) is 0 Å². The average Bonchev–Trinajstić information content (AvgIpc) is 3.25. The lowest BCUT2D eigenvalue weighted by Crippen LogP contribution is -2.31. The van der Waals surface area contributed by atoms with Crippen LogP contribution in [0.5, 0.6) is 0 Å². The van der Waals surface area contributed by atoms with Crippen molar-refractivity contribution in [2.45, 2.75) is 19.3 Å². The minimum Gasteiger partial charge on any atom is -0.478 e. The number of hydrogen-bond acceptors (Lipinski definition) is 6. The van der Waals surface area contributed by atoms with Crippen molar-refractivity contribution in [2.24, 2.45) is 0 Å². The normalized spacial score (nSPS) is 14.1. The van der Waals surface area contributed by atoms with Gasteiger partial charge in [0.15, 0.2) is 0 Å². The molecule has 0 atom stereocenters. The Bertz CT molecular complexity index is 1340. The van der Waals surface area contributed by atoms with Gasteiger partial charge in [0.05, 0.1) is 5.56 Å². The largest absolute Gasteiger partial charge is 0.478 e. The summed E-state index contributed by atoms with van der Waals surface area (Å²) in [7, 11) is 0. The van der Waals surface area contributed by atoms with Gasteiger partial charge in [-0.05, 0) is 48.6 Å². The summed E-state index contributed by atoms with van der Waals surface area (Å²) in [5.74, 6) is -0.238. The minimum atomic E-state index is -0.959. The maximum absolute atomic E-state index is 12.7. The van der Waals surface area contributed by atoms with Crippen LogP contribution >= 0.6 is 11.3 Å². The standard InChI is InChI=1S/C23H20N4O3S/c28-20-14-19(26-10-2-1-3-11-26)24-23-27(20)25-21(31-23)17-8-4-6-15(12-17)16-7-5-9-18(13-16)22(29)30/h4-9,12-14H,1-3,10-11H2,(H,29,30). The van der Waals surface area contributed by atoms with Gasteiger partial charge in [-0.15, -0.1) is 0 Å². The van der Waals surface area contributed by atoms with Gasteiger partial charge in [0.25, 0.3) is 5.56 Å². The molecule has 0 aliphatic carbocycles. The number of anilines is 1. The molecule has 0 spiro atoms. The molecule has 0 bridgehead atoms. The first-order valence-electron chi connectivity index (χ1n) is 10.2. The van der Waals surface area contributed by atoms with E-state index in [1.165, 1.54) is 22.3 Å². The molecule has 7 nitrogen and oxygen atoms in total. The van der Waals surface area contributed by atoms with Gasteiger partial charge in [0.2, 0.25) is 4.96 Å². The molecule has 0 saturated carbocycles. The Kier molecular flexibility index (Phi) is 4.99. The van der Waals surface area contributed by atoms with E-state index < -0.39 is 5.97 Å². The molecule has 0 unspecified atom stereocenters. The zero-order valence-corrected chi connectivity index (χ0v) is 17.5. The van der Waals surface area contributed by atoms with E-state index in [2.05, 4.69) is 10.00 Å². The number of benzene rings is 2. The molecule has 2 aromatic carbocycles. The van der Waals surface area contributed by atoms with E-state index in [-0.39, 0.29) is 11.1 Å². The van der Waals surface area contributed by atoms with Crippen LogP contribution in [0.3, 0.4) is 0 Å². The third-order valence-electron chi connectivity index (χ3n) is 5.46. The number of hydrogen-bond donors (Lipinski definition) is 1. The van der Waals surface area contributed by atoms with Crippen LogP contribution in [0.4, 0.5) is 5.82 Å². The van der Waals surface area contributed by atoms with Gasteiger partial charge in [-0.1, -0.05) is 41.7 Å². The Hall–Kier alpha value is -3.52. The van der Waals surface area contributed by atoms with Crippen molar-refractivity contribution in [3.63, 3.8) is 0 Å². The SMILES string of the molecule is O=C(O)c1cccc(-c2cccc(-c3nn4c(=O)cc(N5CCCCC5)nc4s3)c2)c1. The Morgan fingerprint density at radius 3 is 2.42 bits per heavy atom. The highest BCUT2D eigenvalue weighted by atomic mass is 32.1. The first kappa shape index (κ1) is 19.4. The van der Waals surface area contributed by atoms with Gasteiger partial charge >= 0.3 is 5.97 Å². The first-order chi connectivity index (χ1) is 15.1. The maximum atomic E-state index is 12.7. The predicted octanol–water partition coefficient (Wildman–Crippen LogP) is 4.17. The number of aromatic carboxylic acids is 1. The molecule has 1 saturated heterocycles. The molecule has 1 N–H and O–H groups in total. The molecule has 2 aromatic heterocycles. The van der Waals surface area contributed by atoms with Gasteiger partial charge in [-0.25, -0.2) is 9.78 Å². The lowest BCUT2D eigenvalue weighted by Gasteiger charge is -2.27. The second-order valence-corrected chi connectivity index (χ2v) is 8.52. The Labute approximate surface area is 182 Å². The highest BCUT2D eigenvalue weighted by molar-refractivity contribution is 7.19. The van der Waals surface area contributed by atoms with Crippen LogP contribution in [0.15, 0.2) is 59.4 Å². The van der Waals surface area contributed by atoms with Gasteiger partial charge in [-0.2, -0.15) is 9.61 Å². The van der Waals surface area contributed by atoms with Crippen molar-refractivity contribution in [1.82, 2.24) is 14.6 Å². The molecule has 1 fully saturated rings. The molecule has 5 rings (SSSR count). The number of fused-ring (bicyclic) bond motifs is 1. The molecule has 3 heterocycles. The number of carboxylic acid groups (broad SMARTS) is 1. The van der Waals surface area contributed by atoms with Crippen LogP contribution in [0.1, 0.15) is 29.6 Å². The summed E-state index contributed by atoms with van der Waals surface area (Å²) in [5.41, 5.74) is 2.61. The summed E-state index contributed by atoms with van der Waals surface area (Å²) in [6.07, 6.45) is 3.45. The van der Waals surface area contributed by atoms with Crippen molar-refractivity contribution in [1.29, 1.82) is 0 Å². The van der Waals surface area contributed by atoms with Crippen molar-refractivity contribution < 1.29 is 9.90 Å². The van der Waals surface area contributed by atoms with Gasteiger partial charge in [0, 0.05) is 24.7 Å². The fraction of sp³-hybridized carbons (Fsp3) is 0.217. The zero-order chi connectivity index (χ0) is 21.4. The molecule has 1 aliphatic rings. The zero-order valence-electron chi connectivity index (χ0n) is 16.7. The van der Waals surface area contributed by atoms with Crippen LogP contribution in [0, 0.1) is 0 Å². The van der Waals surface area contributed by atoms with Gasteiger partial charge in [-0.3, -0.25) is 4.79 Å². The molecule has 8 heteroatoms. The number of carboxylic acids is 1. The number of nitrogens with zero attached hydrogens (tertiary/aromatic N) is 4. The predicted molar refractivity (Wildman–Crippen MR) is 121 cm³/mol. The van der Waals surface area contributed by atoms with Crippen molar-refractivity contribution in [2.75, 3.05) is 18.0 Å². The van der Waals surface area contributed by atoms with Crippen LogP contribution in [0.25, 0.3) is 26.7 Å². The molecular weight excluding hydrogens is 412 g/mol. The lowest BCUT2D eigenvalue weighted by molar-refractivity contribution is 0.0697. The molecule has 31 heavy (non-hydrogen) atoms. The smallest absolute Gasteiger partial charge is 0.335 e. The highest BCUT2D eigenvalue weighted by Gasteiger charge is 2.16. The van der Waals surface area contributed by atoms with E-state index in [1.807, 2.05) is 30.3 Å². The van der Waals surface area contributed by atoms with Gasteiger partial charge in [0.1, 0.15) is 10.8 Å². The quantitative estimate of drug-likeness (QED) is 0.521. The van der Waals surface area contributed by atoms with E-state index in [1.54, 1.807) is 24.3 Å². The summed E-state index contributed by atoms with van der Waals surface area (Å²) in [6, 6.07) is 16.1. The van der Waals surface area contributed by atoms with Crippen molar-refractivity contribution >= 4 is 28.1 Å². The number of carbonyl (C=O) groups is 1. The highest BCUT2D eigenvalue weighted by Crippen LogP contribution is 2.30. The number of rotatable bonds is 4. The van der Waals surface area contributed by atoms with E-state index in [0.717, 1.165) is 48.4 Å². The Morgan fingerprint density at radius 2 is 1.65 bits per heavy atom. The third-order valence-corrected chi connectivity index (χ3v) is 6.42. The lowest BCUT2D eigenvalue weighted by atomic mass is 10.0. The fourth-order valence-corrected chi connectivity index (χ4v) is 4.76. The Morgan fingerprint density at radius 1 is 0.935 bits per heavy atom. The maximum Gasteiger partial charge on any atom is 0.335 e. The minimum absolute atomic E-state index is 0.182. The molecule has 1 aliphatic heterocycles. The fourth-order valence-electron chi connectivity index (χ4n) is 3.86. The topological polar surface area (TPSA) is 87.8 Å². The molecule has 156 valence electrons. The molecular formula is C23H20N4O3S. The molecule has 0 radical (unpaired) electrons. The monoisotopic (exact) mass is 432 g/mol. The summed E-state index contributed by atoms with van der Waals surface area (Å²) >= 11 is 1.37. The number of piperidine rings is 1. The molecule has 0 amide bonds. The second kappa shape index (κ2) is 7.96. The van der Waals surface area contributed by atoms with E-state index in [4.69, 9.17) is 4.98 Å². The summed E-state index contributed by atoms with van der Waals surface area (Å²) in [5, 5.41) is 14.4. The first-order valence-corrected chi connectivity index (χ1v) is 11.0. The van der Waals surface area contributed by atoms with E-state index in [9.17, 15) is 14.7 Å². The van der Waals surface area contributed by atoms with Crippen LogP contribution in [-0.4, -0.2) is 38.8 Å². The summed E-state index contributed by atoms with van der Waals surface area (Å²) in [4.78, 5) is 31.4. The van der Waals surface area contributed by atoms with Crippen LogP contribution in [0.2, 0.25) is 0 Å². The van der Waals surface area contributed by atoms with Gasteiger partial charge < -0.3 is 10.0 Å². The summed E-state index contributed by atoms with van der Waals surface area (Å²) in [6.45, 7) is 1.84. The third kappa shape index (κ3) is 3.82. The average molecular weight is 433 g/mol.